The van der Waals surface area contributed by atoms with Crippen LogP contribution in [0.2, 0.25) is 0 Å². The zero-order valence-corrected chi connectivity index (χ0v) is 22.0. The van der Waals surface area contributed by atoms with Gasteiger partial charge in [0.1, 0.15) is 11.4 Å². The Bertz CT molecular complexity index is 1180. The number of ether oxygens (including phenoxy) is 2. The van der Waals surface area contributed by atoms with Crippen molar-refractivity contribution in [2.45, 2.75) is 13.8 Å². The Morgan fingerprint density at radius 2 is 1.88 bits per heavy atom. The first kappa shape index (κ1) is 24.6. The lowest BCUT2D eigenvalue weighted by Gasteiger charge is -2.04. The summed E-state index contributed by atoms with van der Waals surface area (Å²) in [7, 11) is 0. The molecular formula is C23H21BrIN3O3S. The van der Waals surface area contributed by atoms with Crippen LogP contribution in [0.15, 0.2) is 60.8 Å². The number of anilines is 1. The Balaban J connectivity index is 0.00000289. The molecule has 0 spiro atoms. The maximum absolute atomic E-state index is 12.6. The van der Waals surface area contributed by atoms with Crippen LogP contribution in [-0.4, -0.2) is 29.3 Å². The number of thiazole rings is 1. The fraction of sp³-hybridized carbons (Fsp3) is 0.174. The number of nitrogens with one attached hydrogen (secondary N) is 1. The Hall–Kier alpha value is -2.08. The lowest BCUT2D eigenvalue weighted by Crippen LogP contribution is -3.61. The number of hydrogen-bond donors (Lipinski definition) is 1. The summed E-state index contributed by atoms with van der Waals surface area (Å²) in [6, 6.07) is 17.9. The molecule has 1 N–H and O–H groups in total. The van der Waals surface area contributed by atoms with Gasteiger partial charge in [-0.3, -0.25) is 10.1 Å². The molecule has 0 radical (unpaired) electrons. The van der Waals surface area contributed by atoms with Crippen LogP contribution in [0.25, 0.3) is 10.2 Å². The fourth-order valence-corrected chi connectivity index (χ4v) is 5.66. The third-order valence-corrected chi connectivity index (χ3v) is 7.82. The van der Waals surface area contributed by atoms with Crippen molar-refractivity contribution in [1.29, 1.82) is 0 Å². The molecule has 0 saturated heterocycles. The minimum absolute atomic E-state index is 0. The van der Waals surface area contributed by atoms with Gasteiger partial charge in [-0.05, 0) is 56.3 Å². The summed E-state index contributed by atoms with van der Waals surface area (Å²) in [5.74, 6) is 0.434. The molecule has 0 atom stereocenters. The van der Waals surface area contributed by atoms with Gasteiger partial charge in [-0.15, -0.1) is 0 Å². The third-order valence-electron chi connectivity index (χ3n) is 4.28. The van der Waals surface area contributed by atoms with Crippen molar-refractivity contribution in [3.63, 3.8) is 0 Å². The Labute approximate surface area is 211 Å². The van der Waals surface area contributed by atoms with Gasteiger partial charge in [0, 0.05) is 6.61 Å². The van der Waals surface area contributed by atoms with Gasteiger partial charge in [-0.2, -0.15) is 0 Å². The van der Waals surface area contributed by atoms with Crippen LogP contribution in [0, 0.1) is 14.1 Å². The number of benzene rings is 2. The van der Waals surface area contributed by atoms with Gasteiger partial charge in [0.15, 0.2) is 15.5 Å². The largest absolute Gasteiger partial charge is 1.00 e. The number of carbonyl (C=O) groups excluding carboxylic acids is 1. The Morgan fingerprint density at radius 1 is 1.09 bits per heavy atom. The van der Waals surface area contributed by atoms with Gasteiger partial charge in [0.05, 0.1) is 16.4 Å². The molecule has 2 aromatic heterocycles. The predicted octanol–water partition coefficient (Wildman–Crippen LogP) is -1.24. The van der Waals surface area contributed by atoms with Crippen molar-refractivity contribution < 1.29 is 52.5 Å². The number of nitrogens with zero attached hydrogens (tertiary/aromatic N) is 2. The fourth-order valence-electron chi connectivity index (χ4n) is 2.69. The van der Waals surface area contributed by atoms with E-state index in [9.17, 15) is 4.79 Å². The van der Waals surface area contributed by atoms with Crippen LogP contribution in [0.5, 0.6) is 5.75 Å². The highest BCUT2D eigenvalue weighted by Crippen LogP contribution is 2.29. The van der Waals surface area contributed by atoms with E-state index in [1.54, 1.807) is 12.3 Å². The molecule has 0 aliphatic carbocycles. The molecule has 2 aromatic carbocycles. The zero-order chi connectivity index (χ0) is 21.6. The maximum Gasteiger partial charge on any atom is 0.359 e. The first-order valence-electron chi connectivity index (χ1n) is 9.71. The summed E-state index contributed by atoms with van der Waals surface area (Å²) in [5, 5.41) is 3.37. The van der Waals surface area contributed by atoms with Gasteiger partial charge in [0.25, 0.3) is 5.91 Å². The number of halogens is 2. The standard InChI is InChI=1S/C23H20IN3O3S.BrH/c1-3-29-14-30-18-9-11-19-21(12-18)31-23(26-19)27-22(28)20-10-8-17(13-25-20)24-16-6-4-15(2)5-7-16;/h4-13H,3,14H2,1-2H3;1H. The number of rotatable bonds is 8. The summed E-state index contributed by atoms with van der Waals surface area (Å²) < 4.78 is 14.2. The predicted molar refractivity (Wildman–Crippen MR) is 118 cm³/mol. The van der Waals surface area contributed by atoms with Crippen molar-refractivity contribution in [2.24, 2.45) is 0 Å². The number of carbonyl (C=O) groups is 1. The van der Waals surface area contributed by atoms with E-state index in [0.717, 1.165) is 10.2 Å². The van der Waals surface area contributed by atoms with E-state index in [1.165, 1.54) is 24.0 Å². The summed E-state index contributed by atoms with van der Waals surface area (Å²) >= 11 is 1.08. The van der Waals surface area contributed by atoms with E-state index < -0.39 is 0 Å². The van der Waals surface area contributed by atoms with E-state index in [0.29, 0.717) is 23.2 Å². The minimum atomic E-state index is -0.315. The highest BCUT2D eigenvalue weighted by molar-refractivity contribution is 7.22. The molecule has 9 heteroatoms. The molecule has 2 heterocycles. The van der Waals surface area contributed by atoms with Crippen molar-refractivity contribution in [3.8, 4) is 5.75 Å². The summed E-state index contributed by atoms with van der Waals surface area (Å²) in [5.41, 5.74) is 2.42. The van der Waals surface area contributed by atoms with Crippen molar-refractivity contribution in [2.75, 3.05) is 18.7 Å². The van der Waals surface area contributed by atoms with E-state index >= 15 is 0 Å². The molecule has 0 saturated carbocycles. The van der Waals surface area contributed by atoms with Crippen LogP contribution in [0.1, 0.15) is 23.0 Å². The van der Waals surface area contributed by atoms with Crippen LogP contribution >= 0.6 is 11.3 Å². The number of pyridine rings is 1. The second-order valence-electron chi connectivity index (χ2n) is 6.61. The molecule has 0 aliphatic heterocycles. The maximum atomic E-state index is 12.6. The molecule has 4 aromatic rings. The zero-order valence-electron chi connectivity index (χ0n) is 17.5. The van der Waals surface area contributed by atoms with Crippen molar-refractivity contribution in [1.82, 2.24) is 9.97 Å². The quantitative estimate of drug-likeness (QED) is 0.151. The van der Waals surface area contributed by atoms with Crippen LogP contribution in [0.3, 0.4) is 0 Å². The highest BCUT2D eigenvalue weighted by atomic mass is 127. The summed E-state index contributed by atoms with van der Waals surface area (Å²) in [4.78, 5) is 21.4. The van der Waals surface area contributed by atoms with Crippen LogP contribution in [-0.2, 0) is 4.74 Å². The number of aromatic nitrogens is 2. The Kier molecular flexibility index (Phi) is 8.97. The molecule has 0 unspecified atom stereocenters. The Morgan fingerprint density at radius 3 is 2.59 bits per heavy atom. The van der Waals surface area contributed by atoms with Crippen LogP contribution in [0.4, 0.5) is 5.13 Å². The molecule has 166 valence electrons. The lowest BCUT2D eigenvalue weighted by atomic mass is 10.2. The highest BCUT2D eigenvalue weighted by Gasteiger charge is 2.18. The van der Waals surface area contributed by atoms with Crippen molar-refractivity contribution in [3.05, 3.63) is 79.2 Å². The molecular weight excluding hydrogens is 605 g/mol. The lowest BCUT2D eigenvalue weighted by molar-refractivity contribution is -0.597. The van der Waals surface area contributed by atoms with E-state index in [1.807, 2.05) is 31.2 Å². The summed E-state index contributed by atoms with van der Waals surface area (Å²) in [6.07, 6.45) is 1.79. The number of amides is 1. The minimum Gasteiger partial charge on any atom is -1.00 e. The summed E-state index contributed by atoms with van der Waals surface area (Å²) in [6.45, 7) is 4.80. The number of aryl methyl sites for hydroxylation is 1. The average Bonchev–Trinajstić information content (AvgIpc) is 3.17. The van der Waals surface area contributed by atoms with Crippen LogP contribution < -0.4 is 48.2 Å². The van der Waals surface area contributed by atoms with E-state index in [4.69, 9.17) is 9.47 Å². The molecule has 6 nitrogen and oxygen atoms in total. The molecule has 4 rings (SSSR count). The molecule has 0 aliphatic rings. The van der Waals surface area contributed by atoms with Gasteiger partial charge in [-0.1, -0.05) is 29.0 Å². The topological polar surface area (TPSA) is 73.3 Å². The first-order chi connectivity index (χ1) is 15.1. The molecule has 0 fully saturated rings. The van der Waals surface area contributed by atoms with E-state index in [-0.39, 0.29) is 50.9 Å². The second-order valence-corrected chi connectivity index (χ2v) is 10.7. The van der Waals surface area contributed by atoms with Gasteiger partial charge in [-0.25, -0.2) is 9.97 Å². The van der Waals surface area contributed by atoms with Crippen molar-refractivity contribution >= 4 is 32.6 Å². The van der Waals surface area contributed by atoms with Gasteiger partial charge >= 0.3 is 21.2 Å². The van der Waals surface area contributed by atoms with Gasteiger partial charge < -0.3 is 26.5 Å². The van der Waals surface area contributed by atoms with Gasteiger partial charge in [0.2, 0.25) is 3.57 Å². The normalized spacial score (nSPS) is 10.6. The monoisotopic (exact) mass is 625 g/mol. The second kappa shape index (κ2) is 11.7. The third kappa shape index (κ3) is 6.47. The smallest absolute Gasteiger partial charge is 0.359 e. The number of hydrogen-bond acceptors (Lipinski definition) is 6. The number of fused-ring (bicyclic) bond motifs is 1. The average molecular weight is 626 g/mol. The van der Waals surface area contributed by atoms with E-state index in [2.05, 4.69) is 46.5 Å². The molecule has 32 heavy (non-hydrogen) atoms. The first-order valence-corrected chi connectivity index (χ1v) is 12.7. The molecule has 0 bridgehead atoms. The SMILES string of the molecule is CCOCOc1ccc2nc(NC(=O)c3ccc([I+]c4ccc(C)cc4)cn3)sc2c1.[Br-]. The molecule has 1 amide bonds.